The van der Waals surface area contributed by atoms with E-state index in [1.54, 1.807) is 0 Å². The zero-order valence-corrected chi connectivity index (χ0v) is 11.6. The van der Waals surface area contributed by atoms with Gasteiger partial charge in [0.2, 0.25) is 9.05 Å². The Bertz CT molecular complexity index is 286. The fourth-order valence-corrected chi connectivity index (χ4v) is 2.69. The first-order valence-corrected chi connectivity index (χ1v) is 8.63. The highest BCUT2D eigenvalue weighted by molar-refractivity contribution is 8.13. The lowest BCUT2D eigenvalue weighted by atomic mass is 10.0. The van der Waals surface area contributed by atoms with E-state index in [9.17, 15) is 8.42 Å². The molecule has 0 aromatic heterocycles. The smallest absolute Gasteiger partial charge is 0.232 e. The van der Waals surface area contributed by atoms with Crippen LogP contribution >= 0.6 is 10.7 Å². The molecule has 17 heavy (non-hydrogen) atoms. The predicted molar refractivity (Wildman–Crippen MR) is 67.9 cm³/mol. The van der Waals surface area contributed by atoms with Gasteiger partial charge in [-0.2, -0.15) is 0 Å². The zero-order valence-electron chi connectivity index (χ0n) is 10.1. The lowest BCUT2D eigenvalue weighted by Crippen LogP contribution is -2.20. The maximum Gasteiger partial charge on any atom is 0.232 e. The highest BCUT2D eigenvalue weighted by Crippen LogP contribution is 2.14. The first-order chi connectivity index (χ1) is 8.08. The van der Waals surface area contributed by atoms with E-state index in [2.05, 4.69) is 0 Å². The molecule has 1 rings (SSSR count). The maximum absolute atomic E-state index is 10.6. The number of ether oxygens (including phenoxy) is 2. The molecule has 0 aromatic carbocycles. The van der Waals surface area contributed by atoms with Gasteiger partial charge >= 0.3 is 0 Å². The van der Waals surface area contributed by atoms with Gasteiger partial charge in [0.15, 0.2) is 0 Å². The number of rotatable bonds is 8. The Morgan fingerprint density at radius 1 is 1.18 bits per heavy atom. The molecule has 0 amide bonds. The lowest BCUT2D eigenvalue weighted by molar-refractivity contribution is 0.0199. The van der Waals surface area contributed by atoms with Crippen molar-refractivity contribution in [2.24, 2.45) is 5.92 Å². The van der Waals surface area contributed by atoms with Crippen LogP contribution in [0.3, 0.4) is 0 Å². The third-order valence-electron chi connectivity index (χ3n) is 2.87. The second-order valence-corrected chi connectivity index (χ2v) is 7.33. The van der Waals surface area contributed by atoms with Crippen LogP contribution in [0.4, 0.5) is 0 Å². The van der Waals surface area contributed by atoms with Gasteiger partial charge in [-0.25, -0.2) is 8.42 Å². The molecule has 1 saturated heterocycles. The SMILES string of the molecule is O=S(=O)(Cl)CCCCCOCC1CCOCC1. The van der Waals surface area contributed by atoms with Crippen molar-refractivity contribution in [3.63, 3.8) is 0 Å². The highest BCUT2D eigenvalue weighted by Gasteiger charge is 2.13. The molecule has 0 atom stereocenters. The minimum atomic E-state index is -3.32. The molecule has 1 heterocycles. The molecule has 0 radical (unpaired) electrons. The van der Waals surface area contributed by atoms with Crippen LogP contribution in [0.2, 0.25) is 0 Å². The quantitative estimate of drug-likeness (QED) is 0.506. The summed E-state index contributed by atoms with van der Waals surface area (Å²) in [5.41, 5.74) is 0. The second-order valence-electron chi connectivity index (χ2n) is 4.43. The van der Waals surface area contributed by atoms with Crippen LogP contribution < -0.4 is 0 Å². The summed E-state index contributed by atoms with van der Waals surface area (Å²) in [5, 5.41) is 0. The van der Waals surface area contributed by atoms with Crippen molar-refractivity contribution in [1.82, 2.24) is 0 Å². The molecule has 1 aliphatic heterocycles. The Labute approximate surface area is 108 Å². The minimum absolute atomic E-state index is 0.0640. The van der Waals surface area contributed by atoms with Crippen LogP contribution in [0.25, 0.3) is 0 Å². The third-order valence-corrected chi connectivity index (χ3v) is 4.11. The normalized spacial score (nSPS) is 18.4. The van der Waals surface area contributed by atoms with E-state index in [0.717, 1.165) is 45.5 Å². The van der Waals surface area contributed by atoms with Crippen molar-refractivity contribution in [2.45, 2.75) is 32.1 Å². The molecule has 0 unspecified atom stereocenters. The number of unbranched alkanes of at least 4 members (excludes halogenated alkanes) is 2. The number of hydrogen-bond acceptors (Lipinski definition) is 4. The van der Waals surface area contributed by atoms with Gasteiger partial charge in [-0.05, 0) is 31.6 Å². The van der Waals surface area contributed by atoms with Gasteiger partial charge in [0, 0.05) is 37.1 Å². The highest BCUT2D eigenvalue weighted by atomic mass is 35.7. The van der Waals surface area contributed by atoms with E-state index < -0.39 is 9.05 Å². The summed E-state index contributed by atoms with van der Waals surface area (Å²) in [7, 11) is 1.79. The summed E-state index contributed by atoms with van der Waals surface area (Å²) < 4.78 is 32.1. The summed E-state index contributed by atoms with van der Waals surface area (Å²) in [5.74, 6) is 0.695. The van der Waals surface area contributed by atoms with Crippen molar-refractivity contribution in [3.8, 4) is 0 Å². The third kappa shape index (κ3) is 8.83. The van der Waals surface area contributed by atoms with Gasteiger partial charge < -0.3 is 9.47 Å². The molecule has 0 N–H and O–H groups in total. The van der Waals surface area contributed by atoms with E-state index >= 15 is 0 Å². The summed E-state index contributed by atoms with van der Waals surface area (Å²) in [4.78, 5) is 0. The molecule has 0 aromatic rings. The van der Waals surface area contributed by atoms with Crippen molar-refractivity contribution in [1.29, 1.82) is 0 Å². The van der Waals surface area contributed by atoms with Gasteiger partial charge in [0.25, 0.3) is 0 Å². The number of halogens is 1. The Morgan fingerprint density at radius 2 is 1.88 bits per heavy atom. The van der Waals surface area contributed by atoms with Gasteiger partial charge in [-0.15, -0.1) is 0 Å². The summed E-state index contributed by atoms with van der Waals surface area (Å²) >= 11 is 0. The van der Waals surface area contributed by atoms with E-state index in [-0.39, 0.29) is 5.75 Å². The van der Waals surface area contributed by atoms with Crippen LogP contribution in [0.5, 0.6) is 0 Å². The van der Waals surface area contributed by atoms with Gasteiger partial charge in [0.1, 0.15) is 0 Å². The molecule has 0 saturated carbocycles. The van der Waals surface area contributed by atoms with Crippen molar-refractivity contribution < 1.29 is 17.9 Å². The molecule has 0 aliphatic carbocycles. The van der Waals surface area contributed by atoms with E-state index in [0.29, 0.717) is 18.9 Å². The molecule has 0 spiro atoms. The Balaban J connectivity index is 1.87. The average molecular weight is 285 g/mol. The molecular weight excluding hydrogens is 264 g/mol. The predicted octanol–water partition coefficient (Wildman–Crippen LogP) is 2.17. The van der Waals surface area contributed by atoms with Gasteiger partial charge in [-0.3, -0.25) is 0 Å². The topological polar surface area (TPSA) is 52.6 Å². The standard InChI is InChI=1S/C11H21ClO4S/c12-17(13,14)9-3-1-2-6-16-10-11-4-7-15-8-5-11/h11H,1-10H2. The van der Waals surface area contributed by atoms with Gasteiger partial charge in [-0.1, -0.05) is 6.42 Å². The number of hydrogen-bond donors (Lipinski definition) is 0. The van der Waals surface area contributed by atoms with Crippen LogP contribution in [0.15, 0.2) is 0 Å². The first kappa shape index (κ1) is 15.2. The first-order valence-electron chi connectivity index (χ1n) is 6.16. The maximum atomic E-state index is 10.6. The fraction of sp³-hybridized carbons (Fsp3) is 1.00. The Kier molecular flexibility index (Phi) is 7.43. The molecule has 1 aliphatic rings. The molecule has 102 valence electrons. The Morgan fingerprint density at radius 3 is 2.53 bits per heavy atom. The zero-order chi connectivity index (χ0) is 12.6. The second kappa shape index (κ2) is 8.29. The van der Waals surface area contributed by atoms with E-state index in [1.165, 1.54) is 0 Å². The Hall–Kier alpha value is 0.160. The fourth-order valence-electron chi connectivity index (χ4n) is 1.82. The minimum Gasteiger partial charge on any atom is -0.381 e. The van der Waals surface area contributed by atoms with Crippen molar-refractivity contribution in [3.05, 3.63) is 0 Å². The molecule has 0 bridgehead atoms. The lowest BCUT2D eigenvalue weighted by Gasteiger charge is -2.21. The monoisotopic (exact) mass is 284 g/mol. The molecule has 6 heteroatoms. The summed E-state index contributed by atoms with van der Waals surface area (Å²) in [6, 6.07) is 0. The van der Waals surface area contributed by atoms with Crippen LogP contribution in [0, 0.1) is 5.92 Å². The van der Waals surface area contributed by atoms with Crippen molar-refractivity contribution >= 4 is 19.7 Å². The molecular formula is C11H21ClO4S. The van der Waals surface area contributed by atoms with Crippen LogP contribution in [0.1, 0.15) is 32.1 Å². The molecule has 1 fully saturated rings. The van der Waals surface area contributed by atoms with Crippen molar-refractivity contribution in [2.75, 3.05) is 32.2 Å². The van der Waals surface area contributed by atoms with Gasteiger partial charge in [0.05, 0.1) is 5.75 Å². The average Bonchev–Trinajstić information content (AvgIpc) is 2.28. The largest absolute Gasteiger partial charge is 0.381 e. The van der Waals surface area contributed by atoms with Crippen LogP contribution in [-0.2, 0) is 18.5 Å². The van der Waals surface area contributed by atoms with Crippen LogP contribution in [-0.4, -0.2) is 40.6 Å². The summed E-state index contributed by atoms with van der Waals surface area (Å²) in [6.07, 6.45) is 4.54. The van der Waals surface area contributed by atoms with E-state index in [1.807, 2.05) is 0 Å². The molecule has 4 nitrogen and oxygen atoms in total. The summed E-state index contributed by atoms with van der Waals surface area (Å²) in [6.45, 7) is 3.21. The van der Waals surface area contributed by atoms with E-state index in [4.69, 9.17) is 20.2 Å².